The SMILES string of the molecule is CC(C)(C)OC(=O)NC(Cc1ccccc1)C(=O)Oc1ccc([N+](=O)[O-])cc1. The van der Waals surface area contributed by atoms with Gasteiger partial charge in [-0.2, -0.15) is 0 Å². The summed E-state index contributed by atoms with van der Waals surface area (Å²) in [5.41, 5.74) is -0.0133. The summed E-state index contributed by atoms with van der Waals surface area (Å²) in [5.74, 6) is -0.566. The predicted octanol–water partition coefficient (Wildman–Crippen LogP) is 3.64. The highest BCUT2D eigenvalue weighted by atomic mass is 16.6. The molecule has 148 valence electrons. The molecule has 0 saturated carbocycles. The number of benzene rings is 2. The maximum absolute atomic E-state index is 12.6. The number of nitrogens with zero attached hydrogens (tertiary/aromatic N) is 1. The Kier molecular flexibility index (Phi) is 6.70. The predicted molar refractivity (Wildman–Crippen MR) is 102 cm³/mol. The van der Waals surface area contributed by atoms with Gasteiger partial charge in [0, 0.05) is 18.6 Å². The fraction of sp³-hybridized carbons (Fsp3) is 0.300. The Hall–Kier alpha value is -3.42. The van der Waals surface area contributed by atoms with Gasteiger partial charge < -0.3 is 14.8 Å². The molecule has 1 amide bonds. The summed E-state index contributed by atoms with van der Waals surface area (Å²) in [5, 5.41) is 13.2. The number of nitro benzene ring substituents is 1. The van der Waals surface area contributed by atoms with Crippen molar-refractivity contribution in [2.24, 2.45) is 0 Å². The minimum Gasteiger partial charge on any atom is -0.444 e. The number of carbonyl (C=O) groups is 2. The number of hydrogen-bond acceptors (Lipinski definition) is 6. The summed E-state index contributed by atoms with van der Waals surface area (Å²) in [6.07, 6.45) is -0.541. The number of rotatable bonds is 6. The lowest BCUT2D eigenvalue weighted by Crippen LogP contribution is -2.46. The van der Waals surface area contributed by atoms with Crippen molar-refractivity contribution in [1.29, 1.82) is 0 Å². The molecule has 28 heavy (non-hydrogen) atoms. The van der Waals surface area contributed by atoms with E-state index in [0.29, 0.717) is 0 Å². The van der Waals surface area contributed by atoms with Crippen LogP contribution in [-0.4, -0.2) is 28.6 Å². The van der Waals surface area contributed by atoms with Crippen molar-refractivity contribution in [3.63, 3.8) is 0 Å². The summed E-state index contributed by atoms with van der Waals surface area (Å²) in [7, 11) is 0. The summed E-state index contributed by atoms with van der Waals surface area (Å²) < 4.78 is 10.5. The largest absolute Gasteiger partial charge is 0.444 e. The quantitative estimate of drug-likeness (QED) is 0.351. The second-order valence-corrected chi connectivity index (χ2v) is 7.06. The van der Waals surface area contributed by atoms with E-state index >= 15 is 0 Å². The zero-order chi connectivity index (χ0) is 20.7. The van der Waals surface area contributed by atoms with Crippen molar-refractivity contribution < 1.29 is 24.0 Å². The second-order valence-electron chi connectivity index (χ2n) is 7.06. The number of nitrogens with one attached hydrogen (secondary N) is 1. The van der Waals surface area contributed by atoms with Crippen LogP contribution in [-0.2, 0) is 16.0 Å². The fourth-order valence-corrected chi connectivity index (χ4v) is 2.32. The van der Waals surface area contributed by atoms with Gasteiger partial charge in [-0.15, -0.1) is 0 Å². The fourth-order valence-electron chi connectivity index (χ4n) is 2.32. The van der Waals surface area contributed by atoms with Gasteiger partial charge in [0.1, 0.15) is 17.4 Å². The summed E-state index contributed by atoms with van der Waals surface area (Å²) in [6.45, 7) is 5.15. The molecule has 0 spiro atoms. The lowest BCUT2D eigenvalue weighted by atomic mass is 10.1. The number of carbonyl (C=O) groups excluding carboxylic acids is 2. The van der Waals surface area contributed by atoms with Gasteiger partial charge in [0.2, 0.25) is 0 Å². The third kappa shape index (κ3) is 6.71. The van der Waals surface area contributed by atoms with Crippen molar-refractivity contribution >= 4 is 17.7 Å². The third-order valence-electron chi connectivity index (χ3n) is 3.52. The first kappa shape index (κ1) is 20.9. The Morgan fingerprint density at radius 3 is 2.21 bits per heavy atom. The molecule has 0 fully saturated rings. The molecule has 0 aliphatic heterocycles. The molecule has 8 nitrogen and oxygen atoms in total. The molecule has 0 heterocycles. The highest BCUT2D eigenvalue weighted by molar-refractivity contribution is 5.83. The number of non-ortho nitro benzene ring substituents is 1. The Bertz CT molecular complexity index is 828. The monoisotopic (exact) mass is 386 g/mol. The zero-order valence-electron chi connectivity index (χ0n) is 15.9. The van der Waals surface area contributed by atoms with Gasteiger partial charge in [0.15, 0.2) is 0 Å². The Labute approximate surface area is 162 Å². The number of amides is 1. The highest BCUT2D eigenvalue weighted by Crippen LogP contribution is 2.18. The van der Waals surface area contributed by atoms with Gasteiger partial charge in [-0.25, -0.2) is 9.59 Å². The van der Waals surface area contributed by atoms with E-state index in [2.05, 4.69) is 5.32 Å². The first-order valence-electron chi connectivity index (χ1n) is 8.63. The normalized spacial score (nSPS) is 12.0. The van der Waals surface area contributed by atoms with E-state index in [9.17, 15) is 19.7 Å². The molecule has 0 aliphatic carbocycles. The Morgan fingerprint density at radius 2 is 1.68 bits per heavy atom. The molecule has 0 saturated heterocycles. The van der Waals surface area contributed by atoms with Crippen molar-refractivity contribution in [2.45, 2.75) is 38.8 Å². The topological polar surface area (TPSA) is 108 Å². The maximum atomic E-state index is 12.6. The minimum atomic E-state index is -0.993. The molecule has 2 rings (SSSR count). The van der Waals surface area contributed by atoms with Crippen LogP contribution in [0.15, 0.2) is 54.6 Å². The van der Waals surface area contributed by atoms with Gasteiger partial charge >= 0.3 is 12.1 Å². The van der Waals surface area contributed by atoms with Crippen LogP contribution >= 0.6 is 0 Å². The Morgan fingerprint density at radius 1 is 1.07 bits per heavy atom. The maximum Gasteiger partial charge on any atom is 0.408 e. The van der Waals surface area contributed by atoms with E-state index in [1.54, 1.807) is 20.8 Å². The van der Waals surface area contributed by atoms with Crippen LogP contribution in [0.1, 0.15) is 26.3 Å². The van der Waals surface area contributed by atoms with E-state index in [-0.39, 0.29) is 17.9 Å². The van der Waals surface area contributed by atoms with Crippen LogP contribution in [0, 0.1) is 10.1 Å². The second kappa shape index (κ2) is 8.98. The van der Waals surface area contributed by atoms with Crippen molar-refractivity contribution in [1.82, 2.24) is 5.32 Å². The van der Waals surface area contributed by atoms with Gasteiger partial charge in [-0.1, -0.05) is 30.3 Å². The first-order valence-corrected chi connectivity index (χ1v) is 8.63. The number of nitro groups is 1. The number of esters is 1. The van der Waals surface area contributed by atoms with Crippen LogP contribution in [0.25, 0.3) is 0 Å². The summed E-state index contributed by atoms with van der Waals surface area (Å²) in [4.78, 5) is 34.9. The van der Waals surface area contributed by atoms with Gasteiger partial charge in [0.05, 0.1) is 4.92 Å². The zero-order valence-corrected chi connectivity index (χ0v) is 15.9. The Balaban J connectivity index is 2.13. The van der Waals surface area contributed by atoms with Crippen LogP contribution in [0.5, 0.6) is 5.75 Å². The van der Waals surface area contributed by atoms with E-state index in [1.807, 2.05) is 30.3 Å². The van der Waals surface area contributed by atoms with Crippen LogP contribution in [0.2, 0.25) is 0 Å². The molecule has 2 aromatic rings. The number of hydrogen-bond donors (Lipinski definition) is 1. The lowest BCUT2D eigenvalue weighted by Gasteiger charge is -2.23. The minimum absolute atomic E-state index is 0.118. The van der Waals surface area contributed by atoms with E-state index in [0.717, 1.165) is 5.56 Å². The van der Waals surface area contributed by atoms with E-state index in [4.69, 9.17) is 9.47 Å². The summed E-state index contributed by atoms with van der Waals surface area (Å²) in [6, 6.07) is 13.2. The van der Waals surface area contributed by atoms with Crippen LogP contribution < -0.4 is 10.1 Å². The molecule has 1 N–H and O–H groups in total. The summed E-state index contributed by atoms with van der Waals surface area (Å²) >= 11 is 0. The number of alkyl carbamates (subject to hydrolysis) is 1. The van der Waals surface area contributed by atoms with Gasteiger partial charge in [-0.3, -0.25) is 10.1 Å². The van der Waals surface area contributed by atoms with Crippen molar-refractivity contribution in [3.8, 4) is 5.75 Å². The molecule has 0 aromatic heterocycles. The molecule has 0 radical (unpaired) electrons. The molecule has 0 bridgehead atoms. The molecular formula is C20H22N2O6. The van der Waals surface area contributed by atoms with E-state index in [1.165, 1.54) is 24.3 Å². The molecule has 1 unspecified atom stereocenters. The number of ether oxygens (including phenoxy) is 2. The molecule has 2 aromatic carbocycles. The molecule has 0 aliphatic rings. The van der Waals surface area contributed by atoms with Crippen LogP contribution in [0.3, 0.4) is 0 Å². The average Bonchev–Trinajstić information content (AvgIpc) is 2.61. The van der Waals surface area contributed by atoms with Crippen molar-refractivity contribution in [3.05, 3.63) is 70.3 Å². The van der Waals surface area contributed by atoms with E-state index < -0.39 is 28.6 Å². The van der Waals surface area contributed by atoms with Crippen LogP contribution in [0.4, 0.5) is 10.5 Å². The average molecular weight is 386 g/mol. The third-order valence-corrected chi connectivity index (χ3v) is 3.52. The molecular weight excluding hydrogens is 364 g/mol. The first-order chi connectivity index (χ1) is 13.1. The molecule has 8 heteroatoms. The lowest BCUT2D eigenvalue weighted by molar-refractivity contribution is -0.384. The van der Waals surface area contributed by atoms with Gasteiger partial charge in [0.25, 0.3) is 5.69 Å². The van der Waals surface area contributed by atoms with Gasteiger partial charge in [-0.05, 0) is 38.5 Å². The highest BCUT2D eigenvalue weighted by Gasteiger charge is 2.26. The smallest absolute Gasteiger partial charge is 0.408 e. The standard InChI is InChI=1S/C20H22N2O6/c1-20(2,3)28-19(24)21-17(13-14-7-5-4-6-8-14)18(23)27-16-11-9-15(10-12-16)22(25)26/h4-12,17H,13H2,1-3H3,(H,21,24). The molecule has 1 atom stereocenters. The van der Waals surface area contributed by atoms with Crippen molar-refractivity contribution in [2.75, 3.05) is 0 Å².